The summed E-state index contributed by atoms with van der Waals surface area (Å²) in [6.07, 6.45) is -2.72. The second kappa shape index (κ2) is 9.71. The molecule has 0 spiro atoms. The van der Waals surface area contributed by atoms with E-state index in [1.807, 2.05) is 0 Å². The molecule has 0 aromatic carbocycles. The monoisotopic (exact) mass is 364 g/mol. The van der Waals surface area contributed by atoms with Crippen molar-refractivity contribution in [3.05, 3.63) is 0 Å². The molecule has 0 rings (SSSR count). The van der Waals surface area contributed by atoms with Gasteiger partial charge in [0.2, 0.25) is 0 Å². The van der Waals surface area contributed by atoms with Gasteiger partial charge in [0.15, 0.2) is 0 Å². The van der Waals surface area contributed by atoms with Gasteiger partial charge in [-0.3, -0.25) is 4.79 Å². The Morgan fingerprint density at radius 2 is 1.22 bits per heavy atom. The Bertz CT molecular complexity index is 305. The molecule has 0 radical (unpaired) electrons. The zero-order valence-electron chi connectivity index (χ0n) is 9.24. The summed E-state index contributed by atoms with van der Waals surface area (Å²) < 4.78 is 0. The van der Waals surface area contributed by atoms with Crippen LogP contribution in [0.2, 0.25) is 0 Å². The minimum Gasteiger partial charge on any atom is -0.550 e. The van der Waals surface area contributed by atoms with Crippen molar-refractivity contribution in [2.75, 3.05) is 0 Å². The van der Waals surface area contributed by atoms with E-state index in [0.717, 1.165) is 6.92 Å². The minimum absolute atomic E-state index is 0. The Hall–Kier alpha value is -1.29. The molecule has 98 valence electrons. The maximum Gasteiger partial charge on any atom is 3.00 e. The van der Waals surface area contributed by atoms with Crippen LogP contribution in [0.5, 0.6) is 0 Å². The van der Waals surface area contributed by atoms with Crippen molar-refractivity contribution in [2.24, 2.45) is 0 Å². The molecular formula is C8H9InO9. The van der Waals surface area contributed by atoms with Crippen molar-refractivity contribution in [1.82, 2.24) is 0 Å². The second-order valence-electron chi connectivity index (χ2n) is 2.94. The molecule has 0 fully saturated rings. The molecule has 0 unspecified atom stereocenters. The van der Waals surface area contributed by atoms with E-state index in [1.54, 1.807) is 0 Å². The van der Waals surface area contributed by atoms with Gasteiger partial charge in [-0.05, 0) is 0 Å². The maximum atomic E-state index is 10.1. The Balaban J connectivity index is -0.000000392. The van der Waals surface area contributed by atoms with E-state index < -0.39 is 42.3 Å². The van der Waals surface area contributed by atoms with Gasteiger partial charge in [-0.25, -0.2) is 0 Å². The van der Waals surface area contributed by atoms with Gasteiger partial charge in [-0.15, -0.1) is 0 Å². The summed E-state index contributed by atoms with van der Waals surface area (Å²) in [7, 11) is 0. The van der Waals surface area contributed by atoms with E-state index >= 15 is 0 Å². The zero-order valence-corrected chi connectivity index (χ0v) is 12.5. The van der Waals surface area contributed by atoms with Crippen LogP contribution < -0.4 is 15.3 Å². The molecule has 0 amide bonds. The second-order valence-corrected chi connectivity index (χ2v) is 2.94. The quantitative estimate of drug-likeness (QED) is 0.481. The fraction of sp³-hybridized carbons (Fsp3) is 0.500. The van der Waals surface area contributed by atoms with Gasteiger partial charge in [-0.1, -0.05) is 0 Å². The number of hydrogen-bond acceptors (Lipinski definition) is 8. The van der Waals surface area contributed by atoms with Gasteiger partial charge in [0.1, 0.15) is 5.60 Å². The Labute approximate surface area is 120 Å². The van der Waals surface area contributed by atoms with Crippen LogP contribution >= 0.6 is 0 Å². The van der Waals surface area contributed by atoms with Crippen LogP contribution in [-0.4, -0.2) is 65.5 Å². The SMILES string of the molecule is CC(=O)O.O=C([O-])CC(O)(CC(=O)[O-])C(=O)[O-].[In+3]. The summed E-state index contributed by atoms with van der Waals surface area (Å²) in [5.74, 6) is -6.82. The number of aliphatic carboxylic acids is 4. The molecule has 0 aliphatic heterocycles. The third-order valence-electron chi connectivity index (χ3n) is 1.25. The molecule has 0 atom stereocenters. The average Bonchev–Trinajstić information content (AvgIpc) is 1.98. The predicted molar refractivity (Wildman–Crippen MR) is 48.3 cm³/mol. The standard InChI is InChI=1S/C6H8O7.C2H4O2.In/c7-3(8)1-6(13,5(11)12)2-4(9)10;1-2(3)4;/h13H,1-2H2,(H,7,8)(H,9,10)(H,11,12);1H3,(H,3,4);/q;;+3/p-3. The Morgan fingerprint density at radius 3 is 1.33 bits per heavy atom. The van der Waals surface area contributed by atoms with Gasteiger partial charge < -0.3 is 39.9 Å². The smallest absolute Gasteiger partial charge is 0.550 e. The van der Waals surface area contributed by atoms with Crippen molar-refractivity contribution < 1.29 is 44.7 Å². The first-order valence-corrected chi connectivity index (χ1v) is 4.04. The first-order valence-electron chi connectivity index (χ1n) is 4.04. The van der Waals surface area contributed by atoms with Crippen LogP contribution in [0, 0.1) is 0 Å². The Kier molecular flexibility index (Phi) is 11.8. The molecule has 2 N–H and O–H groups in total. The molecule has 0 heterocycles. The first kappa shape index (κ1) is 21.9. The van der Waals surface area contributed by atoms with Crippen molar-refractivity contribution in [2.45, 2.75) is 25.4 Å². The summed E-state index contributed by atoms with van der Waals surface area (Å²) in [6, 6.07) is 0. The molecule has 0 aliphatic rings. The topological polar surface area (TPSA) is 178 Å². The summed E-state index contributed by atoms with van der Waals surface area (Å²) >= 11 is 0. The number of hydrogen-bond donors (Lipinski definition) is 2. The van der Waals surface area contributed by atoms with E-state index in [1.165, 1.54) is 0 Å². The van der Waals surface area contributed by atoms with Gasteiger partial charge in [0.25, 0.3) is 5.97 Å². The average molecular weight is 364 g/mol. The normalized spacial score (nSPS) is 9.22. The van der Waals surface area contributed by atoms with E-state index in [-0.39, 0.29) is 25.8 Å². The molecule has 0 saturated heterocycles. The third-order valence-corrected chi connectivity index (χ3v) is 1.25. The fourth-order valence-corrected chi connectivity index (χ4v) is 0.684. The van der Waals surface area contributed by atoms with Crippen molar-refractivity contribution in [3.8, 4) is 0 Å². The van der Waals surface area contributed by atoms with Gasteiger partial charge in [0.05, 0.1) is 5.97 Å². The molecule has 9 nitrogen and oxygen atoms in total. The zero-order chi connectivity index (χ0) is 14.2. The number of aliphatic hydroxyl groups is 1. The minimum atomic E-state index is -2.97. The molecule has 0 aromatic rings. The third kappa shape index (κ3) is 12.8. The van der Waals surface area contributed by atoms with E-state index in [2.05, 4.69) is 0 Å². The largest absolute Gasteiger partial charge is 3.00 e. The number of carbonyl (C=O) groups excluding carboxylic acids is 3. The molecule has 0 saturated carbocycles. The van der Waals surface area contributed by atoms with E-state index in [0.29, 0.717) is 0 Å². The van der Waals surface area contributed by atoms with Crippen LogP contribution in [0.3, 0.4) is 0 Å². The molecule has 0 aliphatic carbocycles. The van der Waals surface area contributed by atoms with Gasteiger partial charge >= 0.3 is 25.8 Å². The van der Waals surface area contributed by atoms with Crippen LogP contribution in [0.1, 0.15) is 19.8 Å². The van der Waals surface area contributed by atoms with Crippen LogP contribution in [0.4, 0.5) is 0 Å². The van der Waals surface area contributed by atoms with Crippen molar-refractivity contribution in [3.63, 3.8) is 0 Å². The molecule has 10 heteroatoms. The van der Waals surface area contributed by atoms with Crippen LogP contribution in [0.15, 0.2) is 0 Å². The van der Waals surface area contributed by atoms with Crippen LogP contribution in [0.25, 0.3) is 0 Å². The molecular weight excluding hydrogens is 355 g/mol. The molecule has 0 bridgehead atoms. The molecule has 18 heavy (non-hydrogen) atoms. The van der Waals surface area contributed by atoms with Gasteiger partial charge in [-0.2, -0.15) is 0 Å². The van der Waals surface area contributed by atoms with Crippen molar-refractivity contribution in [1.29, 1.82) is 0 Å². The molecule has 0 aromatic heterocycles. The van der Waals surface area contributed by atoms with Crippen molar-refractivity contribution >= 4 is 49.7 Å². The summed E-state index contributed by atoms with van der Waals surface area (Å²) in [5.41, 5.74) is -2.97. The summed E-state index contributed by atoms with van der Waals surface area (Å²) in [6.45, 7) is 1.08. The predicted octanol–water partition coefficient (Wildman–Crippen LogP) is -5.54. The number of carboxylic acids is 4. The van der Waals surface area contributed by atoms with E-state index in [9.17, 15) is 29.7 Å². The fourth-order valence-electron chi connectivity index (χ4n) is 0.684. The maximum absolute atomic E-state index is 10.1. The number of carboxylic acid groups (broad SMARTS) is 4. The summed E-state index contributed by atoms with van der Waals surface area (Å²) in [5, 5.41) is 46.3. The van der Waals surface area contributed by atoms with Gasteiger partial charge in [0, 0.05) is 31.7 Å². The number of rotatable bonds is 5. The Morgan fingerprint density at radius 1 is 1.00 bits per heavy atom. The van der Waals surface area contributed by atoms with Crippen LogP contribution in [-0.2, 0) is 19.2 Å². The summed E-state index contributed by atoms with van der Waals surface area (Å²) in [4.78, 5) is 39.0. The van der Waals surface area contributed by atoms with E-state index in [4.69, 9.17) is 15.0 Å². The number of carbonyl (C=O) groups is 4. The first-order chi connectivity index (χ1) is 7.51.